The third kappa shape index (κ3) is 2.13. The second kappa shape index (κ2) is 5.67. The van der Waals surface area contributed by atoms with Crippen LogP contribution in [0.1, 0.15) is 43.0 Å². The van der Waals surface area contributed by atoms with E-state index in [2.05, 4.69) is 42.7 Å². The number of aromatic nitrogens is 2. The lowest BCUT2D eigenvalue weighted by Crippen LogP contribution is -2.45. The number of imidazole rings is 1. The average molecular weight is 345 g/mol. The third-order valence-corrected chi connectivity index (χ3v) is 6.32. The quantitative estimate of drug-likeness (QED) is 0.785. The van der Waals surface area contributed by atoms with Crippen LogP contribution >= 0.6 is 0 Å². The van der Waals surface area contributed by atoms with Crippen molar-refractivity contribution in [3.63, 3.8) is 0 Å². The average Bonchev–Trinajstić information content (AvgIpc) is 2.96. The fourth-order valence-electron chi connectivity index (χ4n) is 4.97. The predicted octanol–water partition coefficient (Wildman–Crippen LogP) is 3.98. The van der Waals surface area contributed by atoms with E-state index >= 15 is 0 Å². The van der Waals surface area contributed by atoms with Crippen molar-refractivity contribution in [1.29, 1.82) is 5.26 Å². The zero-order valence-electron chi connectivity index (χ0n) is 15.7. The van der Waals surface area contributed by atoms with Crippen LogP contribution in [-0.2, 0) is 16.6 Å². The van der Waals surface area contributed by atoms with Crippen LogP contribution in [0.3, 0.4) is 0 Å². The molecule has 0 saturated heterocycles. The van der Waals surface area contributed by atoms with Crippen LogP contribution in [0, 0.1) is 37.0 Å². The van der Waals surface area contributed by atoms with E-state index in [1.807, 2.05) is 26.0 Å². The number of nitrogens with zero attached hydrogens (tertiary/aromatic N) is 3. The van der Waals surface area contributed by atoms with Gasteiger partial charge in [0.05, 0.1) is 11.3 Å². The number of rotatable bonds is 1. The molecule has 0 N–H and O–H groups in total. The molecule has 1 heterocycles. The van der Waals surface area contributed by atoms with Gasteiger partial charge in [-0.05, 0) is 44.2 Å². The van der Waals surface area contributed by atoms with Gasteiger partial charge in [-0.25, -0.2) is 4.98 Å². The lowest BCUT2D eigenvalue weighted by atomic mass is 9.58. The zero-order chi connectivity index (χ0) is 18.6. The molecule has 2 aromatic rings. The lowest BCUT2D eigenvalue weighted by molar-refractivity contribution is -0.121. The van der Waals surface area contributed by atoms with Crippen molar-refractivity contribution in [3.05, 3.63) is 58.7 Å². The van der Waals surface area contributed by atoms with Gasteiger partial charge >= 0.3 is 0 Å². The molecular weight excluding hydrogens is 322 g/mol. The SMILES string of the molecule is Cc1ccccc1-n1c(C)nc2c1CC[C@H]1[C@H](C)C(=O)C(C#N)=C[C@]21C. The number of Topliss-reactive ketones (excluding diaryl/α,β-unsaturated/α-hetero) is 1. The van der Waals surface area contributed by atoms with E-state index < -0.39 is 0 Å². The number of carbonyl (C=O) groups is 1. The van der Waals surface area contributed by atoms with E-state index in [9.17, 15) is 10.1 Å². The highest BCUT2D eigenvalue weighted by Gasteiger charge is 2.50. The maximum absolute atomic E-state index is 12.5. The van der Waals surface area contributed by atoms with Gasteiger partial charge in [0.25, 0.3) is 0 Å². The maximum Gasteiger partial charge on any atom is 0.176 e. The van der Waals surface area contributed by atoms with Gasteiger partial charge in [-0.15, -0.1) is 0 Å². The van der Waals surface area contributed by atoms with Crippen LogP contribution in [-0.4, -0.2) is 15.3 Å². The predicted molar refractivity (Wildman–Crippen MR) is 100 cm³/mol. The van der Waals surface area contributed by atoms with Crippen molar-refractivity contribution in [2.24, 2.45) is 11.8 Å². The number of fused-ring (bicyclic) bond motifs is 3. The van der Waals surface area contributed by atoms with E-state index in [1.165, 1.54) is 11.3 Å². The molecule has 0 bridgehead atoms. The number of hydrogen-bond donors (Lipinski definition) is 0. The number of aryl methyl sites for hydroxylation is 2. The number of nitriles is 1. The van der Waals surface area contributed by atoms with Gasteiger partial charge in [-0.1, -0.05) is 38.1 Å². The first-order valence-electron chi connectivity index (χ1n) is 9.20. The summed E-state index contributed by atoms with van der Waals surface area (Å²) in [4.78, 5) is 17.4. The number of allylic oxidation sites excluding steroid dienone is 2. The van der Waals surface area contributed by atoms with Gasteiger partial charge in [0.2, 0.25) is 0 Å². The highest BCUT2D eigenvalue weighted by atomic mass is 16.1. The Morgan fingerprint density at radius 3 is 2.73 bits per heavy atom. The summed E-state index contributed by atoms with van der Waals surface area (Å²) in [6.45, 7) is 8.26. The molecule has 1 aromatic heterocycles. The normalized spacial score (nSPS) is 27.3. The number of carbonyl (C=O) groups excluding carboxylic acids is 1. The van der Waals surface area contributed by atoms with E-state index in [0.29, 0.717) is 0 Å². The summed E-state index contributed by atoms with van der Waals surface area (Å²) in [6.07, 6.45) is 3.72. The number of para-hydroxylation sites is 1. The first-order chi connectivity index (χ1) is 12.4. The summed E-state index contributed by atoms with van der Waals surface area (Å²) in [5, 5.41) is 9.44. The van der Waals surface area contributed by atoms with Crippen molar-refractivity contribution in [2.75, 3.05) is 0 Å². The summed E-state index contributed by atoms with van der Waals surface area (Å²) < 4.78 is 2.26. The van der Waals surface area contributed by atoms with Crippen molar-refractivity contribution in [2.45, 2.75) is 46.0 Å². The Bertz CT molecular complexity index is 991. The first-order valence-corrected chi connectivity index (χ1v) is 9.20. The Kier molecular flexibility index (Phi) is 3.66. The molecule has 26 heavy (non-hydrogen) atoms. The van der Waals surface area contributed by atoms with Gasteiger partial charge < -0.3 is 4.57 Å². The smallest absolute Gasteiger partial charge is 0.176 e. The number of benzene rings is 1. The third-order valence-electron chi connectivity index (χ3n) is 6.32. The molecular formula is C22H23N3O. The molecule has 0 amide bonds. The molecule has 0 unspecified atom stereocenters. The Balaban J connectivity index is 1.96. The summed E-state index contributed by atoms with van der Waals surface area (Å²) in [5.41, 5.74) is 4.53. The van der Waals surface area contributed by atoms with Gasteiger partial charge in [-0.2, -0.15) is 5.26 Å². The molecule has 0 fully saturated rings. The van der Waals surface area contributed by atoms with Crippen LogP contribution in [0.5, 0.6) is 0 Å². The van der Waals surface area contributed by atoms with Crippen molar-refractivity contribution >= 4 is 5.78 Å². The summed E-state index contributed by atoms with van der Waals surface area (Å²) in [6, 6.07) is 10.5. The molecule has 2 aliphatic carbocycles. The summed E-state index contributed by atoms with van der Waals surface area (Å²) >= 11 is 0. The van der Waals surface area contributed by atoms with Gasteiger partial charge in [0.15, 0.2) is 5.78 Å². The fourth-order valence-corrected chi connectivity index (χ4v) is 4.97. The Hall–Kier alpha value is -2.67. The summed E-state index contributed by atoms with van der Waals surface area (Å²) in [5.74, 6) is 0.993. The second-order valence-electron chi connectivity index (χ2n) is 7.83. The standard InChI is InChI=1S/C22H23N3O/c1-13-7-5-6-8-18(13)25-15(3)24-21-19(25)10-9-17-14(2)20(26)16(12-23)11-22(17,21)4/h5-8,11,14,17H,9-10H2,1-4H3/t14-,17-,22-/m0/s1. The van der Waals surface area contributed by atoms with Crippen molar-refractivity contribution < 1.29 is 4.79 Å². The van der Waals surface area contributed by atoms with E-state index in [-0.39, 0.29) is 28.6 Å². The van der Waals surface area contributed by atoms with Crippen molar-refractivity contribution in [3.8, 4) is 11.8 Å². The molecule has 3 atom stereocenters. The first kappa shape index (κ1) is 16.8. The van der Waals surface area contributed by atoms with Crippen LogP contribution in [0.4, 0.5) is 0 Å². The second-order valence-corrected chi connectivity index (χ2v) is 7.83. The monoisotopic (exact) mass is 345 g/mol. The van der Waals surface area contributed by atoms with Crippen LogP contribution in [0.15, 0.2) is 35.9 Å². The molecule has 0 spiro atoms. The minimum atomic E-state index is -0.370. The number of ketones is 1. The largest absolute Gasteiger partial charge is 0.300 e. The molecule has 4 nitrogen and oxygen atoms in total. The molecule has 4 heteroatoms. The number of hydrogen-bond acceptors (Lipinski definition) is 3. The van der Waals surface area contributed by atoms with Crippen LogP contribution in [0.25, 0.3) is 5.69 Å². The maximum atomic E-state index is 12.5. The zero-order valence-corrected chi connectivity index (χ0v) is 15.7. The molecule has 0 aliphatic heterocycles. The van der Waals surface area contributed by atoms with Crippen molar-refractivity contribution in [1.82, 2.24) is 9.55 Å². The topological polar surface area (TPSA) is 58.7 Å². The fraction of sp³-hybridized carbons (Fsp3) is 0.409. The van der Waals surface area contributed by atoms with E-state index in [0.717, 1.165) is 30.0 Å². The Morgan fingerprint density at radius 2 is 2.04 bits per heavy atom. The van der Waals surface area contributed by atoms with Gasteiger partial charge in [0, 0.05) is 22.7 Å². The van der Waals surface area contributed by atoms with Crippen LogP contribution < -0.4 is 0 Å². The molecule has 0 radical (unpaired) electrons. The van der Waals surface area contributed by atoms with Gasteiger partial charge in [-0.3, -0.25) is 4.79 Å². The van der Waals surface area contributed by atoms with E-state index in [1.54, 1.807) is 0 Å². The highest BCUT2D eigenvalue weighted by Crippen LogP contribution is 2.50. The van der Waals surface area contributed by atoms with Gasteiger partial charge in [0.1, 0.15) is 11.9 Å². The molecule has 2 aliphatic rings. The highest BCUT2D eigenvalue weighted by molar-refractivity contribution is 6.02. The van der Waals surface area contributed by atoms with E-state index in [4.69, 9.17) is 4.98 Å². The Labute approximate surface area is 154 Å². The minimum Gasteiger partial charge on any atom is -0.300 e. The molecule has 1 aromatic carbocycles. The molecule has 4 rings (SSSR count). The van der Waals surface area contributed by atoms with Crippen LogP contribution in [0.2, 0.25) is 0 Å². The summed E-state index contributed by atoms with van der Waals surface area (Å²) in [7, 11) is 0. The molecule has 0 saturated carbocycles. The lowest BCUT2D eigenvalue weighted by Gasteiger charge is -2.44. The minimum absolute atomic E-state index is 0.0199. The molecule has 132 valence electrons. The Morgan fingerprint density at radius 1 is 1.31 bits per heavy atom.